The number of benzene rings is 1. The molecule has 0 aliphatic heterocycles. The van der Waals surface area contributed by atoms with Crippen LogP contribution in [0.1, 0.15) is 11.3 Å². The molecule has 2 aromatic heterocycles. The number of fused-ring (bicyclic) bond motifs is 1. The number of pyridine rings is 1. The van der Waals surface area contributed by atoms with E-state index in [1.807, 2.05) is 37.5 Å². The summed E-state index contributed by atoms with van der Waals surface area (Å²) in [6.07, 6.45) is 3.57. The van der Waals surface area contributed by atoms with E-state index in [1.165, 1.54) is 5.56 Å². The second kappa shape index (κ2) is 5.35. The highest BCUT2D eigenvalue weighted by Crippen LogP contribution is 2.33. The van der Waals surface area contributed by atoms with Crippen molar-refractivity contribution in [2.75, 3.05) is 12.4 Å². The van der Waals surface area contributed by atoms with Gasteiger partial charge in [0.25, 0.3) is 0 Å². The maximum absolute atomic E-state index is 5.90. The first-order valence-electron chi connectivity index (χ1n) is 6.62. The third-order valence-corrected chi connectivity index (χ3v) is 3.33. The molecule has 3 rings (SSSR count). The molecular weight excluding hydrogens is 250 g/mol. The highest BCUT2D eigenvalue weighted by Gasteiger charge is 2.13. The van der Waals surface area contributed by atoms with Gasteiger partial charge in [-0.25, -0.2) is 0 Å². The minimum absolute atomic E-state index is 0.729. The van der Waals surface area contributed by atoms with Crippen LogP contribution in [0.2, 0.25) is 0 Å². The summed E-state index contributed by atoms with van der Waals surface area (Å²) >= 11 is 0. The molecule has 0 aliphatic rings. The van der Waals surface area contributed by atoms with Gasteiger partial charge in [-0.2, -0.15) is 0 Å². The highest BCUT2D eigenvalue weighted by atomic mass is 16.3. The summed E-state index contributed by atoms with van der Waals surface area (Å²) in [6, 6.07) is 9.96. The number of nitrogens with zero attached hydrogens (tertiary/aromatic N) is 1. The molecule has 0 amide bonds. The summed E-state index contributed by atoms with van der Waals surface area (Å²) < 4.78 is 5.90. The standard InChI is InChI=1S/C16H17N3O/c1-11-15(10-17-2)20-14-7-3-6-13(16(11)14)19-12-5-4-8-18-9-12/h3-9,17,19H,10H2,1-2H3. The third-order valence-electron chi connectivity index (χ3n) is 3.33. The van der Waals surface area contributed by atoms with E-state index in [9.17, 15) is 0 Å². The number of furan rings is 1. The van der Waals surface area contributed by atoms with Crippen LogP contribution < -0.4 is 10.6 Å². The molecule has 0 fully saturated rings. The zero-order valence-corrected chi connectivity index (χ0v) is 11.6. The lowest BCUT2D eigenvalue weighted by Gasteiger charge is -2.07. The predicted octanol–water partition coefficient (Wildman–Crippen LogP) is 3.60. The van der Waals surface area contributed by atoms with Crippen LogP contribution in [0.5, 0.6) is 0 Å². The quantitative estimate of drug-likeness (QED) is 0.758. The van der Waals surface area contributed by atoms with Crippen molar-refractivity contribution in [3.05, 3.63) is 54.0 Å². The summed E-state index contributed by atoms with van der Waals surface area (Å²) in [5.74, 6) is 0.975. The fourth-order valence-corrected chi connectivity index (χ4v) is 2.38. The molecule has 0 spiro atoms. The van der Waals surface area contributed by atoms with Crippen LogP contribution in [-0.2, 0) is 6.54 Å². The molecule has 0 unspecified atom stereocenters. The van der Waals surface area contributed by atoms with E-state index in [0.717, 1.165) is 34.6 Å². The van der Waals surface area contributed by atoms with Gasteiger partial charge in [-0.3, -0.25) is 4.98 Å². The van der Waals surface area contributed by atoms with E-state index in [4.69, 9.17) is 4.42 Å². The highest BCUT2D eigenvalue weighted by molar-refractivity contribution is 5.95. The SMILES string of the molecule is CNCc1oc2cccc(Nc3cccnc3)c2c1C. The van der Waals surface area contributed by atoms with Crippen molar-refractivity contribution in [2.45, 2.75) is 13.5 Å². The molecule has 4 heteroatoms. The number of anilines is 2. The lowest BCUT2D eigenvalue weighted by molar-refractivity contribution is 0.527. The van der Waals surface area contributed by atoms with E-state index in [1.54, 1.807) is 6.20 Å². The van der Waals surface area contributed by atoms with Crippen molar-refractivity contribution in [1.29, 1.82) is 0 Å². The van der Waals surface area contributed by atoms with Gasteiger partial charge in [-0.1, -0.05) is 6.07 Å². The minimum Gasteiger partial charge on any atom is -0.459 e. The van der Waals surface area contributed by atoms with Crippen LogP contribution in [0.4, 0.5) is 11.4 Å². The van der Waals surface area contributed by atoms with Gasteiger partial charge in [0.15, 0.2) is 0 Å². The Kier molecular flexibility index (Phi) is 3.39. The number of rotatable bonds is 4. The number of hydrogen-bond donors (Lipinski definition) is 2. The molecule has 2 heterocycles. The molecule has 1 aromatic carbocycles. The first-order chi connectivity index (χ1) is 9.79. The lowest BCUT2D eigenvalue weighted by atomic mass is 10.1. The second-order valence-corrected chi connectivity index (χ2v) is 4.73. The van der Waals surface area contributed by atoms with E-state index in [-0.39, 0.29) is 0 Å². The molecule has 0 saturated carbocycles. The monoisotopic (exact) mass is 267 g/mol. The first-order valence-corrected chi connectivity index (χ1v) is 6.62. The van der Waals surface area contributed by atoms with Gasteiger partial charge in [0.2, 0.25) is 0 Å². The average Bonchev–Trinajstić information content (AvgIpc) is 2.78. The minimum atomic E-state index is 0.729. The van der Waals surface area contributed by atoms with E-state index in [0.29, 0.717) is 0 Å². The van der Waals surface area contributed by atoms with Crippen molar-refractivity contribution >= 4 is 22.3 Å². The van der Waals surface area contributed by atoms with Gasteiger partial charge in [0, 0.05) is 22.8 Å². The molecule has 20 heavy (non-hydrogen) atoms. The summed E-state index contributed by atoms with van der Waals surface area (Å²) in [4.78, 5) is 4.12. The van der Waals surface area contributed by atoms with E-state index >= 15 is 0 Å². The Labute approximate surface area is 117 Å². The van der Waals surface area contributed by atoms with Gasteiger partial charge in [-0.05, 0) is 38.2 Å². The number of aromatic nitrogens is 1. The van der Waals surface area contributed by atoms with Crippen LogP contribution >= 0.6 is 0 Å². The summed E-state index contributed by atoms with van der Waals surface area (Å²) in [5.41, 5.74) is 4.08. The lowest BCUT2D eigenvalue weighted by Crippen LogP contribution is -2.04. The zero-order chi connectivity index (χ0) is 13.9. The van der Waals surface area contributed by atoms with E-state index < -0.39 is 0 Å². The molecule has 0 bridgehead atoms. The molecular formula is C16H17N3O. The number of hydrogen-bond acceptors (Lipinski definition) is 4. The molecule has 3 aromatic rings. The Bertz CT molecular complexity index is 719. The Morgan fingerprint density at radius 3 is 2.85 bits per heavy atom. The van der Waals surface area contributed by atoms with E-state index in [2.05, 4.69) is 28.6 Å². The maximum Gasteiger partial charge on any atom is 0.136 e. The predicted molar refractivity (Wildman–Crippen MR) is 81.2 cm³/mol. The van der Waals surface area contributed by atoms with Crippen LogP contribution in [0, 0.1) is 6.92 Å². The van der Waals surface area contributed by atoms with Gasteiger partial charge in [0.1, 0.15) is 11.3 Å². The molecule has 4 nitrogen and oxygen atoms in total. The fourth-order valence-electron chi connectivity index (χ4n) is 2.38. The number of aryl methyl sites for hydroxylation is 1. The van der Waals surface area contributed by atoms with Gasteiger partial charge in [-0.15, -0.1) is 0 Å². The van der Waals surface area contributed by atoms with Crippen molar-refractivity contribution in [1.82, 2.24) is 10.3 Å². The van der Waals surface area contributed by atoms with Crippen LogP contribution in [-0.4, -0.2) is 12.0 Å². The summed E-state index contributed by atoms with van der Waals surface area (Å²) in [7, 11) is 1.92. The first kappa shape index (κ1) is 12.7. The van der Waals surface area contributed by atoms with Crippen molar-refractivity contribution in [3.8, 4) is 0 Å². The van der Waals surface area contributed by atoms with Gasteiger partial charge >= 0.3 is 0 Å². The van der Waals surface area contributed by atoms with Crippen LogP contribution in [0.15, 0.2) is 47.1 Å². The zero-order valence-electron chi connectivity index (χ0n) is 11.6. The topological polar surface area (TPSA) is 50.1 Å². The van der Waals surface area contributed by atoms with Gasteiger partial charge in [0.05, 0.1) is 18.4 Å². The van der Waals surface area contributed by atoms with Gasteiger partial charge < -0.3 is 15.1 Å². The largest absolute Gasteiger partial charge is 0.459 e. The Hall–Kier alpha value is -2.33. The molecule has 0 saturated heterocycles. The molecule has 0 atom stereocenters. The van der Waals surface area contributed by atoms with Crippen molar-refractivity contribution in [2.24, 2.45) is 0 Å². The molecule has 0 radical (unpaired) electrons. The number of nitrogens with one attached hydrogen (secondary N) is 2. The third kappa shape index (κ3) is 2.26. The maximum atomic E-state index is 5.90. The van der Waals surface area contributed by atoms with Crippen LogP contribution in [0.25, 0.3) is 11.0 Å². The molecule has 102 valence electrons. The fraction of sp³-hybridized carbons (Fsp3) is 0.188. The Morgan fingerprint density at radius 2 is 2.10 bits per heavy atom. The smallest absolute Gasteiger partial charge is 0.136 e. The van der Waals surface area contributed by atoms with Crippen molar-refractivity contribution in [3.63, 3.8) is 0 Å². The molecule has 0 aliphatic carbocycles. The average molecular weight is 267 g/mol. The summed E-state index contributed by atoms with van der Waals surface area (Å²) in [5, 5.41) is 7.66. The Balaban J connectivity index is 2.07. The van der Waals surface area contributed by atoms with Crippen molar-refractivity contribution < 1.29 is 4.42 Å². The Morgan fingerprint density at radius 1 is 1.20 bits per heavy atom. The van der Waals surface area contributed by atoms with Crippen LogP contribution in [0.3, 0.4) is 0 Å². The second-order valence-electron chi connectivity index (χ2n) is 4.73. The molecule has 2 N–H and O–H groups in total. The normalized spacial score (nSPS) is 10.9. The summed E-state index contributed by atoms with van der Waals surface area (Å²) in [6.45, 7) is 2.82.